The number of halogens is 1. The van der Waals surface area contributed by atoms with Crippen molar-refractivity contribution < 1.29 is 14.0 Å². The monoisotopic (exact) mass is 364 g/mol. The van der Waals surface area contributed by atoms with Crippen molar-refractivity contribution in [3.05, 3.63) is 40.1 Å². The Kier molecular flexibility index (Phi) is 7.46. The molecule has 2 rings (SSSR count). The number of amides is 2. The van der Waals surface area contributed by atoms with Gasteiger partial charge in [0.1, 0.15) is 10.8 Å². The van der Waals surface area contributed by atoms with Crippen LogP contribution in [0, 0.1) is 5.82 Å². The summed E-state index contributed by atoms with van der Waals surface area (Å²) in [4.78, 5) is 23.7. The first-order valence-electron chi connectivity index (χ1n) is 8.24. The number of hydrogen-bond donors (Lipinski definition) is 2. The van der Waals surface area contributed by atoms with E-state index in [2.05, 4.69) is 27.8 Å². The highest BCUT2D eigenvalue weighted by Crippen LogP contribution is 2.15. The average molecular weight is 364 g/mol. The van der Waals surface area contributed by atoms with Crippen molar-refractivity contribution in [1.82, 2.24) is 15.5 Å². The van der Waals surface area contributed by atoms with Gasteiger partial charge in [-0.25, -0.2) is 4.39 Å². The molecule has 2 N–H and O–H groups in total. The number of carbonyl (C=O) groups is 2. The van der Waals surface area contributed by atoms with E-state index in [0.717, 1.165) is 12.8 Å². The normalized spacial score (nSPS) is 10.5. The Labute approximate surface area is 149 Å². The SMILES string of the molecule is CCCCNC(=O)CCCc1nnc(C(=O)Nc2cccc(F)c2)s1. The fraction of sp³-hybridized carbons (Fsp3) is 0.412. The molecule has 0 atom stereocenters. The van der Waals surface area contributed by atoms with Crippen LogP contribution in [-0.2, 0) is 11.2 Å². The Morgan fingerprint density at radius 1 is 1.24 bits per heavy atom. The molecule has 134 valence electrons. The molecule has 0 unspecified atom stereocenters. The smallest absolute Gasteiger partial charge is 0.286 e. The van der Waals surface area contributed by atoms with Crippen LogP contribution in [-0.4, -0.2) is 28.6 Å². The first kappa shape index (κ1) is 19.0. The molecule has 1 aromatic heterocycles. The van der Waals surface area contributed by atoms with Gasteiger partial charge in [0.25, 0.3) is 5.91 Å². The van der Waals surface area contributed by atoms with Crippen molar-refractivity contribution in [3.63, 3.8) is 0 Å². The predicted molar refractivity (Wildman–Crippen MR) is 95.1 cm³/mol. The molecule has 1 aromatic carbocycles. The van der Waals surface area contributed by atoms with Gasteiger partial charge in [0, 0.05) is 25.1 Å². The number of rotatable bonds is 9. The van der Waals surface area contributed by atoms with E-state index >= 15 is 0 Å². The summed E-state index contributed by atoms with van der Waals surface area (Å²) >= 11 is 1.18. The standard InChI is InChI=1S/C17H21FN4O2S/c1-2-3-10-19-14(23)8-5-9-15-21-22-17(25-15)16(24)20-13-7-4-6-12(18)11-13/h4,6-7,11H,2-3,5,8-10H2,1H3,(H,19,23)(H,20,24). The highest BCUT2D eigenvalue weighted by Gasteiger charge is 2.13. The third-order valence-corrected chi connectivity index (χ3v) is 4.37. The molecule has 0 saturated carbocycles. The molecule has 6 nitrogen and oxygen atoms in total. The highest BCUT2D eigenvalue weighted by molar-refractivity contribution is 7.13. The van der Waals surface area contributed by atoms with Gasteiger partial charge < -0.3 is 10.6 Å². The second-order valence-corrected chi connectivity index (χ2v) is 6.58. The van der Waals surface area contributed by atoms with Crippen LogP contribution in [0.5, 0.6) is 0 Å². The number of aryl methyl sites for hydroxylation is 1. The number of hydrogen-bond acceptors (Lipinski definition) is 5. The van der Waals surface area contributed by atoms with Crippen LogP contribution in [0.3, 0.4) is 0 Å². The molecule has 0 spiro atoms. The van der Waals surface area contributed by atoms with Crippen molar-refractivity contribution in [2.75, 3.05) is 11.9 Å². The quantitative estimate of drug-likeness (QED) is 0.670. The second kappa shape index (κ2) is 9.83. The van der Waals surface area contributed by atoms with E-state index in [9.17, 15) is 14.0 Å². The Balaban J connectivity index is 1.77. The lowest BCUT2D eigenvalue weighted by atomic mass is 10.2. The first-order valence-corrected chi connectivity index (χ1v) is 9.06. The molecule has 0 radical (unpaired) electrons. The zero-order valence-electron chi connectivity index (χ0n) is 14.0. The number of unbranched alkanes of at least 4 members (excludes halogenated alkanes) is 1. The van der Waals surface area contributed by atoms with E-state index in [0.29, 0.717) is 36.5 Å². The van der Waals surface area contributed by atoms with Gasteiger partial charge >= 0.3 is 0 Å². The predicted octanol–water partition coefficient (Wildman–Crippen LogP) is 3.17. The van der Waals surface area contributed by atoms with Crippen LogP contribution in [0.2, 0.25) is 0 Å². The van der Waals surface area contributed by atoms with Gasteiger partial charge in [0.2, 0.25) is 10.9 Å². The highest BCUT2D eigenvalue weighted by atomic mass is 32.1. The van der Waals surface area contributed by atoms with E-state index in [1.165, 1.54) is 29.5 Å². The molecule has 0 aliphatic rings. The molecule has 0 bridgehead atoms. The van der Waals surface area contributed by atoms with Crippen LogP contribution in [0.1, 0.15) is 47.4 Å². The molecule has 1 heterocycles. The van der Waals surface area contributed by atoms with Crippen molar-refractivity contribution in [1.29, 1.82) is 0 Å². The third-order valence-electron chi connectivity index (χ3n) is 3.39. The summed E-state index contributed by atoms with van der Waals surface area (Å²) in [6, 6.07) is 5.65. The summed E-state index contributed by atoms with van der Waals surface area (Å²) < 4.78 is 13.1. The minimum absolute atomic E-state index is 0.0297. The van der Waals surface area contributed by atoms with Gasteiger partial charge in [-0.05, 0) is 31.0 Å². The fourth-order valence-electron chi connectivity index (χ4n) is 2.09. The molecule has 25 heavy (non-hydrogen) atoms. The van der Waals surface area contributed by atoms with E-state index < -0.39 is 11.7 Å². The molecule has 2 amide bonds. The molecule has 0 saturated heterocycles. The van der Waals surface area contributed by atoms with Crippen LogP contribution in [0.15, 0.2) is 24.3 Å². The number of carbonyl (C=O) groups excluding carboxylic acids is 2. The van der Waals surface area contributed by atoms with Crippen molar-refractivity contribution in [3.8, 4) is 0 Å². The summed E-state index contributed by atoms with van der Waals surface area (Å²) in [5.41, 5.74) is 0.366. The Hall–Kier alpha value is -2.35. The maximum Gasteiger partial charge on any atom is 0.286 e. The summed E-state index contributed by atoms with van der Waals surface area (Å²) in [7, 11) is 0. The molecular weight excluding hydrogens is 343 g/mol. The minimum Gasteiger partial charge on any atom is -0.356 e. The maximum atomic E-state index is 13.1. The van der Waals surface area contributed by atoms with Gasteiger partial charge in [-0.3, -0.25) is 9.59 Å². The molecule has 2 aromatic rings. The maximum absolute atomic E-state index is 13.1. The van der Waals surface area contributed by atoms with Gasteiger partial charge in [-0.2, -0.15) is 0 Å². The van der Waals surface area contributed by atoms with Crippen molar-refractivity contribution in [2.45, 2.75) is 39.0 Å². The largest absolute Gasteiger partial charge is 0.356 e. The number of nitrogens with one attached hydrogen (secondary N) is 2. The Bertz CT molecular complexity index is 720. The number of nitrogens with zero attached hydrogens (tertiary/aromatic N) is 2. The topological polar surface area (TPSA) is 84.0 Å². The van der Waals surface area contributed by atoms with Crippen LogP contribution in [0.25, 0.3) is 0 Å². The number of benzene rings is 1. The van der Waals surface area contributed by atoms with Crippen molar-refractivity contribution in [2.24, 2.45) is 0 Å². The lowest BCUT2D eigenvalue weighted by Crippen LogP contribution is -2.23. The minimum atomic E-state index is -0.424. The van der Waals surface area contributed by atoms with E-state index in [-0.39, 0.29) is 10.9 Å². The van der Waals surface area contributed by atoms with Crippen LogP contribution in [0.4, 0.5) is 10.1 Å². The second-order valence-electron chi connectivity index (χ2n) is 5.52. The summed E-state index contributed by atoms with van der Waals surface area (Å²) in [5.74, 6) is -0.818. The van der Waals surface area contributed by atoms with Gasteiger partial charge in [-0.1, -0.05) is 30.7 Å². The molecular formula is C17H21FN4O2S. The lowest BCUT2D eigenvalue weighted by molar-refractivity contribution is -0.121. The molecule has 0 fully saturated rings. The van der Waals surface area contributed by atoms with Gasteiger partial charge in [0.05, 0.1) is 0 Å². The van der Waals surface area contributed by atoms with Crippen LogP contribution < -0.4 is 10.6 Å². The Morgan fingerprint density at radius 3 is 2.84 bits per heavy atom. The summed E-state index contributed by atoms with van der Waals surface area (Å²) in [5, 5.41) is 14.2. The molecule has 8 heteroatoms. The molecule has 0 aliphatic carbocycles. The average Bonchev–Trinajstić information content (AvgIpc) is 3.04. The summed E-state index contributed by atoms with van der Waals surface area (Å²) in [6.45, 7) is 2.78. The summed E-state index contributed by atoms with van der Waals surface area (Å²) in [6.07, 6.45) is 3.69. The van der Waals surface area contributed by atoms with E-state index in [4.69, 9.17) is 0 Å². The number of anilines is 1. The van der Waals surface area contributed by atoms with E-state index in [1.807, 2.05) is 0 Å². The van der Waals surface area contributed by atoms with Crippen LogP contribution >= 0.6 is 11.3 Å². The van der Waals surface area contributed by atoms with Crippen molar-refractivity contribution >= 4 is 28.8 Å². The van der Waals surface area contributed by atoms with Gasteiger partial charge in [-0.15, -0.1) is 10.2 Å². The zero-order chi connectivity index (χ0) is 18.1. The van der Waals surface area contributed by atoms with E-state index in [1.54, 1.807) is 6.07 Å². The first-order chi connectivity index (χ1) is 12.1. The molecule has 0 aliphatic heterocycles. The Morgan fingerprint density at radius 2 is 2.08 bits per heavy atom. The zero-order valence-corrected chi connectivity index (χ0v) is 14.9. The third kappa shape index (κ3) is 6.58. The number of aromatic nitrogens is 2. The van der Waals surface area contributed by atoms with Gasteiger partial charge in [0.15, 0.2) is 0 Å². The fourth-order valence-corrected chi connectivity index (χ4v) is 2.87. The lowest BCUT2D eigenvalue weighted by Gasteiger charge is -2.03.